The summed E-state index contributed by atoms with van der Waals surface area (Å²) in [6.07, 6.45) is 2.04. The second kappa shape index (κ2) is 8.04. The number of nitrogens with two attached hydrogens (primary N) is 1. The van der Waals surface area contributed by atoms with Gasteiger partial charge in [-0.25, -0.2) is 4.98 Å². The van der Waals surface area contributed by atoms with Crippen molar-refractivity contribution in [3.63, 3.8) is 0 Å². The van der Waals surface area contributed by atoms with Gasteiger partial charge in [0.05, 0.1) is 15.2 Å². The number of thiazole rings is 1. The maximum Gasteiger partial charge on any atom is 0.220 e. The summed E-state index contributed by atoms with van der Waals surface area (Å²) in [6.45, 7) is 4.75. The molecule has 1 unspecified atom stereocenters. The molecule has 2 rings (SSSR count). The molecule has 0 aliphatic carbocycles. The maximum atomic E-state index is 12.0. The molecule has 3 N–H and O–H groups in total. The first-order chi connectivity index (χ1) is 10.5. The first-order valence-electron chi connectivity index (χ1n) is 7.52. The number of carbonyl (C=O) groups excluding carboxylic acids is 1. The third-order valence-electron chi connectivity index (χ3n) is 3.37. The number of aryl methyl sites for hydroxylation is 1. The van der Waals surface area contributed by atoms with Crippen LogP contribution in [0, 0.1) is 5.92 Å². The number of carbonyl (C=O) groups is 1. The maximum absolute atomic E-state index is 12.0. The van der Waals surface area contributed by atoms with Crippen molar-refractivity contribution in [1.82, 2.24) is 10.3 Å². The molecule has 0 radical (unpaired) electrons. The summed E-state index contributed by atoms with van der Waals surface area (Å²) in [5, 5.41) is 4.01. The average molecular weight is 384 g/mol. The minimum atomic E-state index is 0.0523. The van der Waals surface area contributed by atoms with Crippen LogP contribution in [0.2, 0.25) is 0 Å². The summed E-state index contributed by atoms with van der Waals surface area (Å²) in [5.74, 6) is 0.577. The molecule has 1 heterocycles. The SMILES string of the molecule is CC(C)CC(CN)NC(=O)CCc1nc2cc(Br)ccc2s1. The smallest absolute Gasteiger partial charge is 0.220 e. The number of fused-ring (bicyclic) bond motifs is 1. The van der Waals surface area contributed by atoms with Gasteiger partial charge < -0.3 is 11.1 Å². The predicted molar refractivity (Wildman–Crippen MR) is 96.1 cm³/mol. The zero-order chi connectivity index (χ0) is 16.1. The zero-order valence-corrected chi connectivity index (χ0v) is 15.3. The van der Waals surface area contributed by atoms with Crippen LogP contribution < -0.4 is 11.1 Å². The molecule has 0 aliphatic heterocycles. The Bertz CT molecular complexity index is 641. The van der Waals surface area contributed by atoms with Gasteiger partial charge in [0.15, 0.2) is 0 Å². The number of aromatic nitrogens is 1. The van der Waals surface area contributed by atoms with Crippen molar-refractivity contribution in [3.8, 4) is 0 Å². The molecule has 0 bridgehead atoms. The van der Waals surface area contributed by atoms with Crippen LogP contribution in [0.4, 0.5) is 0 Å². The van der Waals surface area contributed by atoms with Gasteiger partial charge in [-0.1, -0.05) is 29.8 Å². The highest BCUT2D eigenvalue weighted by Gasteiger charge is 2.13. The number of hydrogen-bond donors (Lipinski definition) is 2. The quantitative estimate of drug-likeness (QED) is 0.768. The number of benzene rings is 1. The Morgan fingerprint density at radius 1 is 1.45 bits per heavy atom. The third-order valence-corrected chi connectivity index (χ3v) is 4.95. The van der Waals surface area contributed by atoms with Gasteiger partial charge in [0.1, 0.15) is 0 Å². The third kappa shape index (κ3) is 5.04. The Morgan fingerprint density at radius 3 is 2.91 bits per heavy atom. The fourth-order valence-corrected chi connectivity index (χ4v) is 3.65. The van der Waals surface area contributed by atoms with E-state index in [1.54, 1.807) is 11.3 Å². The van der Waals surface area contributed by atoms with Crippen molar-refractivity contribution in [2.45, 2.75) is 39.2 Å². The highest BCUT2D eigenvalue weighted by Crippen LogP contribution is 2.25. The number of amides is 1. The molecule has 0 spiro atoms. The molecule has 2 aromatic rings. The van der Waals surface area contributed by atoms with Crippen LogP contribution in [0.15, 0.2) is 22.7 Å². The lowest BCUT2D eigenvalue weighted by Crippen LogP contribution is -2.41. The number of halogens is 1. The highest BCUT2D eigenvalue weighted by atomic mass is 79.9. The first-order valence-corrected chi connectivity index (χ1v) is 9.13. The summed E-state index contributed by atoms with van der Waals surface area (Å²) < 4.78 is 2.17. The van der Waals surface area contributed by atoms with E-state index in [-0.39, 0.29) is 11.9 Å². The Labute approximate surface area is 143 Å². The van der Waals surface area contributed by atoms with Gasteiger partial charge in [-0.2, -0.15) is 0 Å². The lowest BCUT2D eigenvalue weighted by atomic mass is 10.0. The Hall–Kier alpha value is -0.980. The normalized spacial score (nSPS) is 12.8. The standard InChI is InChI=1S/C16H22BrN3OS/c1-10(2)7-12(9-18)19-15(21)5-6-16-20-13-8-11(17)3-4-14(13)22-16/h3-4,8,10,12H,5-7,9,18H2,1-2H3,(H,19,21). The molecule has 0 saturated heterocycles. The fraction of sp³-hybridized carbons (Fsp3) is 0.500. The van der Waals surface area contributed by atoms with Gasteiger partial charge >= 0.3 is 0 Å². The molecule has 120 valence electrons. The Balaban J connectivity index is 1.89. The van der Waals surface area contributed by atoms with E-state index in [1.165, 1.54) is 0 Å². The number of rotatable bonds is 7. The van der Waals surface area contributed by atoms with Crippen LogP contribution in [-0.2, 0) is 11.2 Å². The molecule has 1 amide bonds. The van der Waals surface area contributed by atoms with Crippen LogP contribution in [-0.4, -0.2) is 23.5 Å². The molecular formula is C16H22BrN3OS. The van der Waals surface area contributed by atoms with Gasteiger partial charge in [0, 0.05) is 29.9 Å². The van der Waals surface area contributed by atoms with Crippen LogP contribution in [0.3, 0.4) is 0 Å². The molecule has 22 heavy (non-hydrogen) atoms. The largest absolute Gasteiger partial charge is 0.352 e. The predicted octanol–water partition coefficient (Wildman–Crippen LogP) is 3.48. The summed E-state index contributed by atoms with van der Waals surface area (Å²) in [4.78, 5) is 16.6. The van der Waals surface area contributed by atoms with Crippen molar-refractivity contribution in [3.05, 3.63) is 27.7 Å². The number of nitrogens with zero attached hydrogens (tertiary/aromatic N) is 1. The zero-order valence-electron chi connectivity index (χ0n) is 12.9. The van der Waals surface area contributed by atoms with E-state index in [1.807, 2.05) is 18.2 Å². The lowest BCUT2D eigenvalue weighted by molar-refractivity contribution is -0.121. The molecule has 1 atom stereocenters. The van der Waals surface area contributed by atoms with Crippen LogP contribution in [0.5, 0.6) is 0 Å². The van der Waals surface area contributed by atoms with Crippen LogP contribution >= 0.6 is 27.3 Å². The minimum absolute atomic E-state index is 0.0523. The highest BCUT2D eigenvalue weighted by molar-refractivity contribution is 9.10. The molecule has 0 aliphatic rings. The Kier molecular flexibility index (Phi) is 6.35. The van der Waals surface area contributed by atoms with Crippen molar-refractivity contribution < 1.29 is 4.79 Å². The van der Waals surface area contributed by atoms with Crippen molar-refractivity contribution in [2.75, 3.05) is 6.54 Å². The van der Waals surface area contributed by atoms with E-state index in [0.29, 0.717) is 25.3 Å². The summed E-state index contributed by atoms with van der Waals surface area (Å²) >= 11 is 5.09. The van der Waals surface area contributed by atoms with Crippen molar-refractivity contribution >= 4 is 43.4 Å². The minimum Gasteiger partial charge on any atom is -0.352 e. The number of hydrogen-bond acceptors (Lipinski definition) is 4. The summed E-state index contributed by atoms with van der Waals surface area (Å²) in [5.41, 5.74) is 6.69. The second-order valence-corrected chi connectivity index (χ2v) is 7.88. The summed E-state index contributed by atoms with van der Waals surface area (Å²) in [6, 6.07) is 6.13. The van der Waals surface area contributed by atoms with E-state index < -0.39 is 0 Å². The molecule has 1 aromatic heterocycles. The molecular weight excluding hydrogens is 362 g/mol. The first kappa shape index (κ1) is 17.4. The molecule has 0 saturated carbocycles. The van der Waals surface area contributed by atoms with E-state index >= 15 is 0 Å². The van der Waals surface area contributed by atoms with Gasteiger partial charge in [-0.05, 0) is 30.5 Å². The summed E-state index contributed by atoms with van der Waals surface area (Å²) in [7, 11) is 0. The van der Waals surface area contributed by atoms with Crippen LogP contribution in [0.1, 0.15) is 31.7 Å². The van der Waals surface area contributed by atoms with E-state index in [4.69, 9.17) is 5.73 Å². The molecule has 1 aromatic carbocycles. The lowest BCUT2D eigenvalue weighted by Gasteiger charge is -2.18. The van der Waals surface area contributed by atoms with E-state index in [2.05, 4.69) is 40.1 Å². The van der Waals surface area contributed by atoms with Gasteiger partial charge in [0.25, 0.3) is 0 Å². The Morgan fingerprint density at radius 2 is 2.23 bits per heavy atom. The second-order valence-electron chi connectivity index (χ2n) is 5.85. The van der Waals surface area contributed by atoms with Gasteiger partial charge in [-0.15, -0.1) is 11.3 Å². The molecule has 6 heteroatoms. The molecule has 4 nitrogen and oxygen atoms in total. The molecule has 0 fully saturated rings. The van der Waals surface area contributed by atoms with Crippen molar-refractivity contribution in [1.29, 1.82) is 0 Å². The van der Waals surface area contributed by atoms with Gasteiger partial charge in [-0.3, -0.25) is 4.79 Å². The van der Waals surface area contributed by atoms with Gasteiger partial charge in [0.2, 0.25) is 5.91 Å². The topological polar surface area (TPSA) is 68.0 Å². The monoisotopic (exact) mass is 383 g/mol. The number of nitrogens with one attached hydrogen (secondary N) is 1. The van der Waals surface area contributed by atoms with Crippen LogP contribution in [0.25, 0.3) is 10.2 Å². The van der Waals surface area contributed by atoms with E-state index in [9.17, 15) is 4.79 Å². The van der Waals surface area contributed by atoms with Crippen molar-refractivity contribution in [2.24, 2.45) is 11.7 Å². The van der Waals surface area contributed by atoms with E-state index in [0.717, 1.165) is 26.1 Å². The fourth-order valence-electron chi connectivity index (χ4n) is 2.36. The average Bonchev–Trinajstić information content (AvgIpc) is 2.85.